The molecule has 1 rings (SSSR count). The van der Waals surface area contributed by atoms with E-state index in [1.807, 2.05) is 0 Å². The van der Waals surface area contributed by atoms with Gasteiger partial charge in [0.1, 0.15) is 0 Å². The van der Waals surface area contributed by atoms with Gasteiger partial charge in [0.2, 0.25) is 0 Å². The Bertz CT molecular complexity index is 367. The van der Waals surface area contributed by atoms with E-state index in [2.05, 4.69) is 0 Å². The summed E-state index contributed by atoms with van der Waals surface area (Å²) < 4.78 is 35.5. The molecule has 1 aromatic rings. The van der Waals surface area contributed by atoms with Gasteiger partial charge in [-0.25, -0.2) is 0 Å². The zero-order chi connectivity index (χ0) is 11.5. The molecule has 1 aromatic carbocycles. The SMILES string of the molecule is O=[N+]([O-])c1cccc(SCC(F)(F)F)c1. The lowest BCUT2D eigenvalue weighted by Gasteiger charge is -2.05. The Labute approximate surface area is 87.4 Å². The minimum atomic E-state index is -4.27. The Kier molecular flexibility index (Phi) is 3.57. The number of nitro benzene ring substituents is 1. The van der Waals surface area contributed by atoms with E-state index in [-0.39, 0.29) is 10.6 Å². The van der Waals surface area contributed by atoms with Crippen LogP contribution >= 0.6 is 11.8 Å². The molecule has 0 aliphatic heterocycles. The van der Waals surface area contributed by atoms with Crippen LogP contribution in [0.2, 0.25) is 0 Å². The van der Waals surface area contributed by atoms with E-state index < -0.39 is 16.9 Å². The van der Waals surface area contributed by atoms with Crippen LogP contribution < -0.4 is 0 Å². The molecule has 0 fully saturated rings. The Hall–Kier alpha value is -1.24. The van der Waals surface area contributed by atoms with Crippen molar-refractivity contribution >= 4 is 17.4 Å². The molecule has 0 N–H and O–H groups in total. The molecule has 0 aliphatic carbocycles. The van der Waals surface area contributed by atoms with E-state index in [9.17, 15) is 23.3 Å². The molecule has 0 radical (unpaired) electrons. The number of hydrogen-bond donors (Lipinski definition) is 0. The number of nitro groups is 1. The van der Waals surface area contributed by atoms with Gasteiger partial charge in [0.15, 0.2) is 0 Å². The maximum absolute atomic E-state index is 11.8. The first kappa shape index (κ1) is 11.8. The molecule has 0 saturated carbocycles. The molecule has 0 amide bonds. The van der Waals surface area contributed by atoms with Crippen LogP contribution in [0.15, 0.2) is 29.2 Å². The number of hydrogen-bond acceptors (Lipinski definition) is 3. The van der Waals surface area contributed by atoms with Crippen molar-refractivity contribution in [3.8, 4) is 0 Å². The Balaban J connectivity index is 2.70. The van der Waals surface area contributed by atoms with Crippen LogP contribution in [0.3, 0.4) is 0 Å². The number of rotatable bonds is 3. The molecule has 0 aromatic heterocycles. The first-order valence-corrected chi connectivity index (χ1v) is 4.81. The van der Waals surface area contributed by atoms with Gasteiger partial charge in [-0.05, 0) is 6.07 Å². The molecule has 15 heavy (non-hydrogen) atoms. The fraction of sp³-hybridized carbons (Fsp3) is 0.250. The summed E-state index contributed by atoms with van der Waals surface area (Å²) in [5.41, 5.74) is -0.206. The van der Waals surface area contributed by atoms with Gasteiger partial charge >= 0.3 is 6.18 Å². The van der Waals surface area contributed by atoms with E-state index in [0.29, 0.717) is 11.8 Å². The molecule has 7 heteroatoms. The summed E-state index contributed by atoms with van der Waals surface area (Å²) in [6.07, 6.45) is -4.27. The van der Waals surface area contributed by atoms with Gasteiger partial charge < -0.3 is 0 Å². The van der Waals surface area contributed by atoms with Gasteiger partial charge in [-0.2, -0.15) is 13.2 Å². The summed E-state index contributed by atoms with van der Waals surface area (Å²) in [6, 6.07) is 5.12. The molecule has 0 aliphatic rings. The topological polar surface area (TPSA) is 43.1 Å². The van der Waals surface area contributed by atoms with Crippen molar-refractivity contribution in [3.05, 3.63) is 34.4 Å². The van der Waals surface area contributed by atoms with Gasteiger partial charge in [-0.15, -0.1) is 11.8 Å². The molecule has 0 atom stereocenters. The molecular weight excluding hydrogens is 231 g/mol. The number of halogens is 3. The van der Waals surface area contributed by atoms with Gasteiger partial charge in [0.25, 0.3) is 5.69 Å². The van der Waals surface area contributed by atoms with Crippen molar-refractivity contribution in [2.75, 3.05) is 5.75 Å². The van der Waals surface area contributed by atoms with Crippen LogP contribution in [0.5, 0.6) is 0 Å². The van der Waals surface area contributed by atoms with E-state index in [1.54, 1.807) is 0 Å². The molecule has 82 valence electrons. The average molecular weight is 237 g/mol. The van der Waals surface area contributed by atoms with E-state index in [4.69, 9.17) is 0 Å². The van der Waals surface area contributed by atoms with E-state index >= 15 is 0 Å². The molecule has 0 saturated heterocycles. The number of alkyl halides is 3. The fourth-order valence-corrected chi connectivity index (χ4v) is 1.56. The third-order valence-corrected chi connectivity index (χ3v) is 2.49. The lowest BCUT2D eigenvalue weighted by atomic mass is 10.3. The van der Waals surface area contributed by atoms with Crippen molar-refractivity contribution in [1.82, 2.24) is 0 Å². The minimum absolute atomic E-state index is 0.206. The lowest BCUT2D eigenvalue weighted by molar-refractivity contribution is -0.385. The second-order valence-corrected chi connectivity index (χ2v) is 3.71. The monoisotopic (exact) mass is 237 g/mol. The maximum Gasteiger partial charge on any atom is 0.398 e. The predicted molar refractivity (Wildman–Crippen MR) is 49.9 cm³/mol. The van der Waals surface area contributed by atoms with Crippen LogP contribution in [0.25, 0.3) is 0 Å². The van der Waals surface area contributed by atoms with E-state index in [0.717, 1.165) is 6.07 Å². The Morgan fingerprint density at radius 1 is 1.40 bits per heavy atom. The number of thioether (sulfide) groups is 1. The third kappa shape index (κ3) is 4.20. The van der Waals surface area contributed by atoms with Crippen molar-refractivity contribution in [3.63, 3.8) is 0 Å². The molecule has 0 bridgehead atoms. The quantitative estimate of drug-likeness (QED) is 0.460. The number of non-ortho nitro benzene ring substituents is 1. The van der Waals surface area contributed by atoms with Crippen LogP contribution in [0.1, 0.15) is 0 Å². The highest BCUT2D eigenvalue weighted by Gasteiger charge is 2.27. The zero-order valence-corrected chi connectivity index (χ0v) is 8.14. The molecule has 0 heterocycles. The van der Waals surface area contributed by atoms with Crippen molar-refractivity contribution in [1.29, 1.82) is 0 Å². The first-order chi connectivity index (χ1) is 6.88. The van der Waals surface area contributed by atoms with Crippen LogP contribution in [0.4, 0.5) is 18.9 Å². The van der Waals surface area contributed by atoms with Crippen LogP contribution in [0, 0.1) is 10.1 Å². The van der Waals surface area contributed by atoms with Gasteiger partial charge in [-0.3, -0.25) is 10.1 Å². The van der Waals surface area contributed by atoms with Crippen molar-refractivity contribution in [2.24, 2.45) is 0 Å². The molecule has 3 nitrogen and oxygen atoms in total. The standard InChI is InChI=1S/C8H6F3NO2S/c9-8(10,11)5-15-7-3-1-2-6(4-7)12(13)14/h1-4H,5H2. The second kappa shape index (κ2) is 4.52. The summed E-state index contributed by atoms with van der Waals surface area (Å²) in [6.45, 7) is 0. The minimum Gasteiger partial charge on any atom is -0.258 e. The van der Waals surface area contributed by atoms with Crippen LogP contribution in [-0.2, 0) is 0 Å². The van der Waals surface area contributed by atoms with Gasteiger partial charge in [0.05, 0.1) is 10.7 Å². The highest BCUT2D eigenvalue weighted by atomic mass is 32.2. The van der Waals surface area contributed by atoms with Crippen molar-refractivity contribution in [2.45, 2.75) is 11.1 Å². The molecular formula is C8H6F3NO2S. The summed E-state index contributed by atoms with van der Waals surface area (Å²) in [5, 5.41) is 10.3. The average Bonchev–Trinajstić information content (AvgIpc) is 2.14. The fourth-order valence-electron chi connectivity index (χ4n) is 0.852. The largest absolute Gasteiger partial charge is 0.398 e. The van der Waals surface area contributed by atoms with Gasteiger partial charge in [-0.1, -0.05) is 6.07 Å². The summed E-state index contributed by atoms with van der Waals surface area (Å²) in [7, 11) is 0. The summed E-state index contributed by atoms with van der Waals surface area (Å²) >= 11 is 0.529. The second-order valence-electron chi connectivity index (χ2n) is 2.66. The highest BCUT2D eigenvalue weighted by molar-refractivity contribution is 7.99. The first-order valence-electron chi connectivity index (χ1n) is 3.82. The van der Waals surface area contributed by atoms with Crippen molar-refractivity contribution < 1.29 is 18.1 Å². The Morgan fingerprint density at radius 3 is 2.60 bits per heavy atom. The molecule has 0 unspecified atom stereocenters. The number of nitrogens with zero attached hydrogens (tertiary/aromatic N) is 1. The normalized spacial score (nSPS) is 11.4. The predicted octanol–water partition coefficient (Wildman–Crippen LogP) is 3.25. The zero-order valence-electron chi connectivity index (χ0n) is 7.32. The van der Waals surface area contributed by atoms with E-state index in [1.165, 1.54) is 18.2 Å². The van der Waals surface area contributed by atoms with Gasteiger partial charge in [0, 0.05) is 17.0 Å². The summed E-state index contributed by atoms with van der Waals surface area (Å²) in [5.74, 6) is -1.05. The highest BCUT2D eigenvalue weighted by Crippen LogP contribution is 2.28. The third-order valence-electron chi connectivity index (χ3n) is 1.43. The smallest absolute Gasteiger partial charge is 0.258 e. The maximum atomic E-state index is 11.8. The Morgan fingerprint density at radius 2 is 2.07 bits per heavy atom. The number of benzene rings is 1. The molecule has 0 spiro atoms. The summed E-state index contributed by atoms with van der Waals surface area (Å²) in [4.78, 5) is 9.92. The van der Waals surface area contributed by atoms with Crippen LogP contribution in [-0.4, -0.2) is 16.9 Å². The lowest BCUT2D eigenvalue weighted by Crippen LogP contribution is -2.10.